The van der Waals surface area contributed by atoms with E-state index in [-0.39, 0.29) is 9.77 Å². The van der Waals surface area contributed by atoms with Gasteiger partial charge in [-0.05, 0) is 23.6 Å². The maximum absolute atomic E-state index is 15.2. The normalized spacial score (nSPS) is 13.2. The van der Waals surface area contributed by atoms with Crippen LogP contribution < -0.4 is 0 Å². The lowest BCUT2D eigenvalue weighted by Crippen LogP contribution is -2.39. The second kappa shape index (κ2) is 8.01. The molecule has 0 fully saturated rings. The summed E-state index contributed by atoms with van der Waals surface area (Å²) in [6.07, 6.45) is 0. The fourth-order valence-electron chi connectivity index (χ4n) is 2.27. The van der Waals surface area contributed by atoms with Crippen molar-refractivity contribution in [3.05, 3.63) is 83.7 Å². The van der Waals surface area contributed by atoms with Crippen molar-refractivity contribution in [3.63, 3.8) is 0 Å². The zero-order valence-electron chi connectivity index (χ0n) is 14.5. The van der Waals surface area contributed by atoms with Crippen LogP contribution in [0.2, 0.25) is 0 Å². The third-order valence-corrected chi connectivity index (χ3v) is 7.91. The Hall–Kier alpha value is -2.63. The van der Waals surface area contributed by atoms with E-state index in [1.165, 1.54) is 66.0 Å². The Balaban J connectivity index is 2.11. The molecule has 1 heterocycles. The summed E-state index contributed by atoms with van der Waals surface area (Å²) in [6, 6.07) is 15.3. The Morgan fingerprint density at radius 3 is 2.00 bits per heavy atom. The van der Waals surface area contributed by atoms with Crippen LogP contribution in [0.1, 0.15) is 5.56 Å². The molecule has 29 heavy (non-hydrogen) atoms. The van der Waals surface area contributed by atoms with Crippen LogP contribution in [0.15, 0.2) is 92.4 Å². The maximum atomic E-state index is 15.2. The number of thiophene rings is 1. The Labute approximate surface area is 170 Å². The predicted octanol–water partition coefficient (Wildman–Crippen LogP) is 3.92. The van der Waals surface area contributed by atoms with E-state index in [0.29, 0.717) is 0 Å². The van der Waals surface area contributed by atoms with Gasteiger partial charge in [-0.3, -0.25) is 4.28 Å². The number of halogens is 2. The average molecular weight is 458 g/mol. The van der Waals surface area contributed by atoms with Gasteiger partial charge in [0, 0.05) is 5.56 Å². The van der Waals surface area contributed by atoms with E-state index >= 15 is 8.78 Å². The van der Waals surface area contributed by atoms with Gasteiger partial charge in [0.25, 0.3) is 0 Å². The van der Waals surface area contributed by atoms with Crippen molar-refractivity contribution in [1.82, 2.24) is 0 Å². The molecule has 1 aromatic heterocycles. The first-order chi connectivity index (χ1) is 13.7. The first-order valence-corrected chi connectivity index (χ1v) is 11.7. The largest absolute Gasteiger partial charge is 0.395 e. The van der Waals surface area contributed by atoms with Gasteiger partial charge in [-0.2, -0.15) is 17.2 Å². The van der Waals surface area contributed by atoms with Crippen molar-refractivity contribution in [1.29, 1.82) is 0 Å². The third-order valence-electron chi connectivity index (χ3n) is 3.68. The summed E-state index contributed by atoms with van der Waals surface area (Å²) in [5, 5.41) is -0.0266. The quantitative estimate of drug-likeness (QED) is 0.396. The van der Waals surface area contributed by atoms with Crippen molar-refractivity contribution >= 4 is 37.0 Å². The standard InChI is InChI=1S/C18H13F2NO5S3/c19-18(20,28(22,23)15-10-5-2-6-11-15)17(14-8-3-1-4-9-14)21-26-29(24,25)16-12-7-13-27-16/h1-13H. The minimum absolute atomic E-state index is 0.261. The lowest BCUT2D eigenvalue weighted by atomic mass is 10.1. The highest BCUT2D eigenvalue weighted by Crippen LogP contribution is 2.33. The lowest BCUT2D eigenvalue weighted by molar-refractivity contribution is 0.164. The number of hydrogen-bond acceptors (Lipinski definition) is 7. The highest BCUT2D eigenvalue weighted by Gasteiger charge is 2.52. The first kappa shape index (κ1) is 21.1. The average Bonchev–Trinajstić information content (AvgIpc) is 3.25. The molecule has 0 spiro atoms. The molecule has 0 unspecified atom stereocenters. The van der Waals surface area contributed by atoms with E-state index in [1.54, 1.807) is 0 Å². The van der Waals surface area contributed by atoms with Gasteiger partial charge in [-0.15, -0.1) is 11.3 Å². The van der Waals surface area contributed by atoms with Gasteiger partial charge in [-0.1, -0.05) is 59.8 Å². The molecule has 0 N–H and O–H groups in total. The topological polar surface area (TPSA) is 89.9 Å². The second-order valence-electron chi connectivity index (χ2n) is 5.60. The molecule has 0 aliphatic heterocycles. The van der Waals surface area contributed by atoms with Gasteiger partial charge in [0.15, 0.2) is 9.92 Å². The smallest absolute Gasteiger partial charge is 0.264 e. The molecule has 6 nitrogen and oxygen atoms in total. The van der Waals surface area contributed by atoms with Gasteiger partial charge >= 0.3 is 15.4 Å². The highest BCUT2D eigenvalue weighted by atomic mass is 32.3. The van der Waals surface area contributed by atoms with Gasteiger partial charge < -0.3 is 0 Å². The minimum atomic E-state index is -5.24. The fraction of sp³-hybridized carbons (Fsp3) is 0.0556. The molecular formula is C18H13F2NO5S3. The number of oxime groups is 1. The summed E-state index contributed by atoms with van der Waals surface area (Å²) >= 11 is 0.799. The molecular weight excluding hydrogens is 444 g/mol. The molecule has 152 valence electrons. The van der Waals surface area contributed by atoms with Crippen LogP contribution in [0, 0.1) is 0 Å². The molecule has 0 aliphatic rings. The van der Waals surface area contributed by atoms with E-state index in [2.05, 4.69) is 9.44 Å². The van der Waals surface area contributed by atoms with Crippen LogP contribution in [0.3, 0.4) is 0 Å². The first-order valence-electron chi connectivity index (χ1n) is 7.95. The minimum Gasteiger partial charge on any atom is -0.264 e. The van der Waals surface area contributed by atoms with Gasteiger partial charge in [0.1, 0.15) is 0 Å². The van der Waals surface area contributed by atoms with Gasteiger partial charge in [0.05, 0.1) is 4.90 Å². The number of rotatable bonds is 7. The summed E-state index contributed by atoms with van der Waals surface area (Å²) in [4.78, 5) is -0.644. The zero-order valence-corrected chi connectivity index (χ0v) is 16.9. The van der Waals surface area contributed by atoms with Crippen LogP contribution >= 0.6 is 11.3 Å². The molecule has 2 aromatic carbocycles. The van der Waals surface area contributed by atoms with Crippen LogP contribution in [-0.4, -0.2) is 27.8 Å². The Morgan fingerprint density at radius 1 is 0.862 bits per heavy atom. The molecule has 11 heteroatoms. The van der Waals surface area contributed by atoms with E-state index in [0.717, 1.165) is 23.5 Å². The molecule has 0 aliphatic carbocycles. The van der Waals surface area contributed by atoms with Crippen molar-refractivity contribution in [2.45, 2.75) is 14.4 Å². The van der Waals surface area contributed by atoms with Crippen molar-refractivity contribution < 1.29 is 29.9 Å². The van der Waals surface area contributed by atoms with Crippen LogP contribution in [-0.2, 0) is 24.2 Å². The molecule has 0 saturated carbocycles. The fourth-order valence-corrected chi connectivity index (χ4v) is 5.16. The van der Waals surface area contributed by atoms with E-state index in [9.17, 15) is 16.8 Å². The SMILES string of the molecule is O=S(=O)(ON=C(c1ccccc1)C(F)(F)S(=O)(=O)c1ccccc1)c1cccs1. The van der Waals surface area contributed by atoms with Crippen molar-refractivity contribution in [3.8, 4) is 0 Å². The molecule has 0 bridgehead atoms. The van der Waals surface area contributed by atoms with Crippen molar-refractivity contribution in [2.24, 2.45) is 5.16 Å². The summed E-state index contributed by atoms with van der Waals surface area (Å²) in [6.45, 7) is 0. The van der Waals surface area contributed by atoms with E-state index in [1.807, 2.05) is 0 Å². The Bertz CT molecular complexity index is 1210. The van der Waals surface area contributed by atoms with Crippen LogP contribution in [0.25, 0.3) is 0 Å². The van der Waals surface area contributed by atoms with Gasteiger partial charge in [0.2, 0.25) is 9.84 Å². The number of sulfone groups is 1. The van der Waals surface area contributed by atoms with Crippen LogP contribution in [0.4, 0.5) is 8.78 Å². The maximum Gasteiger partial charge on any atom is 0.395 e. The van der Waals surface area contributed by atoms with E-state index < -0.39 is 35.8 Å². The van der Waals surface area contributed by atoms with Crippen molar-refractivity contribution in [2.75, 3.05) is 0 Å². The molecule has 0 saturated heterocycles. The monoisotopic (exact) mass is 457 g/mol. The number of benzene rings is 2. The zero-order chi connectivity index (χ0) is 21.1. The summed E-state index contributed by atoms with van der Waals surface area (Å²) in [5.74, 6) is 0. The number of nitrogens with zero attached hydrogens (tertiary/aromatic N) is 1. The summed E-state index contributed by atoms with van der Waals surface area (Å²) in [7, 11) is -9.73. The second-order valence-corrected chi connectivity index (χ2v) is 10.3. The lowest BCUT2D eigenvalue weighted by Gasteiger charge is -2.19. The van der Waals surface area contributed by atoms with E-state index in [4.69, 9.17) is 0 Å². The Morgan fingerprint density at radius 2 is 1.45 bits per heavy atom. The number of hydrogen-bond donors (Lipinski definition) is 0. The molecule has 3 rings (SSSR count). The number of alkyl halides is 2. The predicted molar refractivity (Wildman–Crippen MR) is 104 cm³/mol. The summed E-state index contributed by atoms with van der Waals surface area (Å²) < 4.78 is 84.0. The highest BCUT2D eigenvalue weighted by molar-refractivity contribution is 7.93. The Kier molecular flexibility index (Phi) is 5.82. The third kappa shape index (κ3) is 4.21. The molecule has 0 atom stereocenters. The van der Waals surface area contributed by atoms with Gasteiger partial charge in [-0.25, -0.2) is 8.42 Å². The summed E-state index contributed by atoms with van der Waals surface area (Å²) in [5.41, 5.74) is -1.65. The molecule has 0 radical (unpaired) electrons. The molecule has 0 amide bonds. The molecule has 3 aromatic rings. The van der Waals surface area contributed by atoms with Crippen LogP contribution in [0.5, 0.6) is 0 Å².